The second kappa shape index (κ2) is 9.34. The van der Waals surface area contributed by atoms with Crippen molar-refractivity contribution < 1.29 is 13.2 Å². The number of hydrogen-bond acceptors (Lipinski definition) is 2. The van der Waals surface area contributed by atoms with Crippen LogP contribution >= 0.6 is 12.2 Å². The van der Waals surface area contributed by atoms with Gasteiger partial charge in [-0.1, -0.05) is 43.4 Å². The van der Waals surface area contributed by atoms with Gasteiger partial charge in [0.25, 0.3) is 0 Å². The summed E-state index contributed by atoms with van der Waals surface area (Å²) in [5, 5.41) is 2.14. The van der Waals surface area contributed by atoms with Gasteiger partial charge in [-0.2, -0.15) is 4.99 Å². The second-order valence-corrected chi connectivity index (χ2v) is 6.56. The molecule has 3 rings (SSSR count). The monoisotopic (exact) mass is 407 g/mol. The van der Waals surface area contributed by atoms with E-state index in [-0.39, 0.29) is 11.3 Å². The van der Waals surface area contributed by atoms with Gasteiger partial charge in [0.15, 0.2) is 0 Å². The van der Waals surface area contributed by atoms with E-state index in [0.29, 0.717) is 23.1 Å². The van der Waals surface area contributed by atoms with E-state index in [1.165, 1.54) is 24.3 Å². The highest BCUT2D eigenvalue weighted by Gasteiger charge is 2.09. The van der Waals surface area contributed by atoms with Crippen LogP contribution in [-0.2, 0) is 6.42 Å². The number of nitrogens with zero attached hydrogens (tertiary/aromatic N) is 1. The topological polar surface area (TPSA) is 12.4 Å². The Morgan fingerprint density at radius 1 is 0.828 bits per heavy atom. The number of thiocarbonyl (C=S) groups is 1. The van der Waals surface area contributed by atoms with Gasteiger partial charge < -0.3 is 0 Å². The molecule has 0 amide bonds. The molecule has 0 heterocycles. The largest absolute Gasteiger partial charge is 0.206 e. The van der Waals surface area contributed by atoms with Crippen LogP contribution in [0.2, 0.25) is 0 Å². The molecule has 0 aliphatic carbocycles. The minimum Gasteiger partial charge on any atom is -0.206 e. The molecule has 0 fully saturated rings. The number of aryl methyl sites for hydroxylation is 1. The molecule has 0 bridgehead atoms. The first-order chi connectivity index (χ1) is 14.0. The summed E-state index contributed by atoms with van der Waals surface area (Å²) in [6, 6.07) is 14.2. The number of rotatable bonds is 4. The Balaban J connectivity index is 1.84. The van der Waals surface area contributed by atoms with Gasteiger partial charge >= 0.3 is 0 Å². The Morgan fingerprint density at radius 2 is 1.48 bits per heavy atom. The normalized spacial score (nSPS) is 10.1. The van der Waals surface area contributed by atoms with Gasteiger partial charge in [0, 0.05) is 5.56 Å². The number of halogens is 3. The predicted molar refractivity (Wildman–Crippen MR) is 113 cm³/mol. The Bertz CT molecular complexity index is 1130. The lowest BCUT2D eigenvalue weighted by Gasteiger charge is -2.04. The molecule has 0 aromatic heterocycles. The van der Waals surface area contributed by atoms with Crippen molar-refractivity contribution in [1.82, 2.24) is 0 Å². The van der Waals surface area contributed by atoms with Crippen LogP contribution in [0.4, 0.5) is 18.9 Å². The van der Waals surface area contributed by atoms with Crippen molar-refractivity contribution >= 4 is 23.1 Å². The van der Waals surface area contributed by atoms with Crippen molar-refractivity contribution in [3.63, 3.8) is 0 Å². The Labute approximate surface area is 172 Å². The molecule has 29 heavy (non-hydrogen) atoms. The molecule has 0 unspecified atom stereocenters. The number of isothiocyanates is 1. The minimum atomic E-state index is -0.660. The van der Waals surface area contributed by atoms with Crippen LogP contribution in [-0.4, -0.2) is 5.16 Å². The Morgan fingerprint density at radius 3 is 2.07 bits per heavy atom. The van der Waals surface area contributed by atoms with Crippen molar-refractivity contribution in [1.29, 1.82) is 0 Å². The SMILES string of the molecule is CCCc1cc(F)c(C#Cc2ccc(-c3ccc(N=C=S)c(F)c3)cc2)c(F)c1. The summed E-state index contributed by atoms with van der Waals surface area (Å²) in [6.45, 7) is 1.95. The van der Waals surface area contributed by atoms with E-state index in [2.05, 4.69) is 34.2 Å². The standard InChI is InChI=1S/C24H16F3NS/c1-2-3-17-12-21(25)20(22(26)13-17)10-6-16-4-7-18(8-5-16)19-9-11-24(28-15-29)23(27)14-19/h4-5,7-9,11-14H,2-3H2,1H3. The molecule has 3 aromatic rings. The molecule has 0 aliphatic heterocycles. The van der Waals surface area contributed by atoms with Crippen molar-refractivity contribution in [2.45, 2.75) is 19.8 Å². The van der Waals surface area contributed by atoms with Crippen LogP contribution < -0.4 is 0 Å². The molecular weight excluding hydrogens is 391 g/mol. The molecule has 0 radical (unpaired) electrons. The number of hydrogen-bond donors (Lipinski definition) is 0. The molecule has 0 N–H and O–H groups in total. The van der Waals surface area contributed by atoms with Gasteiger partial charge in [-0.15, -0.1) is 0 Å². The fourth-order valence-corrected chi connectivity index (χ4v) is 2.98. The molecule has 0 saturated carbocycles. The zero-order valence-electron chi connectivity index (χ0n) is 15.6. The third kappa shape index (κ3) is 5.00. The van der Waals surface area contributed by atoms with Crippen LogP contribution in [0.3, 0.4) is 0 Å². The van der Waals surface area contributed by atoms with E-state index in [9.17, 15) is 13.2 Å². The van der Waals surface area contributed by atoms with E-state index in [1.54, 1.807) is 30.3 Å². The van der Waals surface area contributed by atoms with Crippen LogP contribution in [0, 0.1) is 29.3 Å². The third-order valence-corrected chi connectivity index (χ3v) is 4.40. The predicted octanol–water partition coefficient (Wildman–Crippen LogP) is 6.86. The van der Waals surface area contributed by atoms with Gasteiger partial charge in [0.05, 0.1) is 10.7 Å². The average Bonchev–Trinajstić information content (AvgIpc) is 2.70. The summed E-state index contributed by atoms with van der Waals surface area (Å²) >= 11 is 4.49. The molecule has 1 nitrogen and oxygen atoms in total. The molecule has 144 valence electrons. The number of aliphatic imine (C=N–C) groups is 1. The first kappa shape index (κ1) is 20.5. The molecular formula is C24H16F3NS. The fraction of sp³-hybridized carbons (Fsp3) is 0.125. The highest BCUT2D eigenvalue weighted by atomic mass is 32.1. The third-order valence-electron chi connectivity index (χ3n) is 4.30. The van der Waals surface area contributed by atoms with Gasteiger partial charge in [-0.05, 0) is 71.7 Å². The lowest BCUT2D eigenvalue weighted by atomic mass is 10.0. The molecule has 5 heteroatoms. The van der Waals surface area contributed by atoms with Crippen molar-refractivity contribution in [2.75, 3.05) is 0 Å². The van der Waals surface area contributed by atoms with Gasteiger partial charge in [-0.25, -0.2) is 13.2 Å². The fourth-order valence-electron chi connectivity index (χ4n) is 2.89. The lowest BCUT2D eigenvalue weighted by molar-refractivity contribution is 0.573. The lowest BCUT2D eigenvalue weighted by Crippen LogP contribution is -1.94. The summed E-state index contributed by atoms with van der Waals surface area (Å²) in [7, 11) is 0. The molecule has 0 spiro atoms. The summed E-state index contributed by atoms with van der Waals surface area (Å²) in [6.07, 6.45) is 1.42. The highest BCUT2D eigenvalue weighted by Crippen LogP contribution is 2.26. The quantitative estimate of drug-likeness (QED) is 0.261. The van der Waals surface area contributed by atoms with Crippen LogP contribution in [0.15, 0.2) is 59.6 Å². The Kier molecular flexibility index (Phi) is 6.61. The van der Waals surface area contributed by atoms with Crippen LogP contribution in [0.1, 0.15) is 30.0 Å². The summed E-state index contributed by atoms with van der Waals surface area (Å²) in [4.78, 5) is 3.65. The summed E-state index contributed by atoms with van der Waals surface area (Å²) < 4.78 is 42.3. The maximum atomic E-state index is 14.2. The van der Waals surface area contributed by atoms with Gasteiger partial charge in [0.2, 0.25) is 0 Å². The smallest absolute Gasteiger partial charge is 0.150 e. The van der Waals surface area contributed by atoms with Crippen molar-refractivity contribution in [3.8, 4) is 23.0 Å². The highest BCUT2D eigenvalue weighted by molar-refractivity contribution is 7.78. The molecule has 3 aromatic carbocycles. The van der Waals surface area contributed by atoms with Gasteiger partial charge in [-0.3, -0.25) is 0 Å². The van der Waals surface area contributed by atoms with Crippen LogP contribution in [0.5, 0.6) is 0 Å². The van der Waals surface area contributed by atoms with E-state index in [1.807, 2.05) is 6.92 Å². The molecule has 0 atom stereocenters. The van der Waals surface area contributed by atoms with Crippen LogP contribution in [0.25, 0.3) is 11.1 Å². The average molecular weight is 407 g/mol. The maximum absolute atomic E-state index is 14.2. The zero-order valence-corrected chi connectivity index (χ0v) is 16.4. The second-order valence-electron chi connectivity index (χ2n) is 6.38. The first-order valence-corrected chi connectivity index (χ1v) is 9.40. The number of benzene rings is 3. The van der Waals surface area contributed by atoms with E-state index < -0.39 is 17.5 Å². The molecule has 0 aliphatic rings. The van der Waals surface area contributed by atoms with E-state index in [4.69, 9.17) is 0 Å². The Hall–Kier alpha value is -3.19. The van der Waals surface area contributed by atoms with Crippen molar-refractivity contribution in [3.05, 3.63) is 88.7 Å². The van der Waals surface area contributed by atoms with E-state index in [0.717, 1.165) is 12.0 Å². The molecule has 0 saturated heterocycles. The van der Waals surface area contributed by atoms with Crippen molar-refractivity contribution in [2.24, 2.45) is 4.99 Å². The minimum absolute atomic E-state index is 0.125. The van der Waals surface area contributed by atoms with E-state index >= 15 is 0 Å². The summed E-state index contributed by atoms with van der Waals surface area (Å²) in [5.41, 5.74) is 2.52. The maximum Gasteiger partial charge on any atom is 0.150 e. The van der Waals surface area contributed by atoms with Gasteiger partial charge in [0.1, 0.15) is 23.1 Å². The zero-order chi connectivity index (χ0) is 20.8. The first-order valence-electron chi connectivity index (χ1n) is 8.99. The summed E-state index contributed by atoms with van der Waals surface area (Å²) in [5.74, 6) is 3.52.